The van der Waals surface area contributed by atoms with Gasteiger partial charge in [-0.15, -0.1) is 0 Å². The van der Waals surface area contributed by atoms with E-state index >= 15 is 0 Å². The minimum absolute atomic E-state index is 0.0284. The van der Waals surface area contributed by atoms with Crippen molar-refractivity contribution in [2.75, 3.05) is 5.32 Å². The van der Waals surface area contributed by atoms with Gasteiger partial charge in [-0.3, -0.25) is 9.59 Å². The van der Waals surface area contributed by atoms with Gasteiger partial charge in [0, 0.05) is 10.7 Å². The van der Waals surface area contributed by atoms with E-state index in [2.05, 4.69) is 10.6 Å². The lowest BCUT2D eigenvalue weighted by Gasteiger charge is -2.22. The zero-order valence-corrected chi connectivity index (χ0v) is 14.2. The van der Waals surface area contributed by atoms with E-state index in [4.69, 9.17) is 11.6 Å². The van der Waals surface area contributed by atoms with Gasteiger partial charge >= 0.3 is 0 Å². The lowest BCUT2D eigenvalue weighted by atomic mass is 10.0. The Labute approximate surface area is 145 Å². The standard InChI is InChI=1S/C18H19ClN2O3/c1-11(2)16(18(24)20-13-6-4-3-5-7-13)21-17(23)14-10-12(19)8-9-15(14)22/h3-11,16,22H,1-2H3,(H,20,24)(H,21,23)/t16-/m0/s1. The number of anilines is 1. The molecule has 0 unspecified atom stereocenters. The summed E-state index contributed by atoms with van der Waals surface area (Å²) in [6.07, 6.45) is 0. The summed E-state index contributed by atoms with van der Waals surface area (Å²) in [6, 6.07) is 12.4. The molecule has 6 heteroatoms. The largest absolute Gasteiger partial charge is 0.507 e. The predicted molar refractivity (Wildman–Crippen MR) is 94.3 cm³/mol. The van der Waals surface area contributed by atoms with Crippen LogP contribution in [0.3, 0.4) is 0 Å². The van der Waals surface area contributed by atoms with Gasteiger partial charge in [-0.25, -0.2) is 0 Å². The van der Waals surface area contributed by atoms with Gasteiger partial charge in [0.05, 0.1) is 5.56 Å². The molecule has 0 bridgehead atoms. The fraction of sp³-hybridized carbons (Fsp3) is 0.222. The van der Waals surface area contributed by atoms with Gasteiger partial charge in [0.15, 0.2) is 0 Å². The third-order valence-electron chi connectivity index (χ3n) is 3.48. The summed E-state index contributed by atoms with van der Waals surface area (Å²) < 4.78 is 0. The first kappa shape index (κ1) is 17.8. The van der Waals surface area contributed by atoms with Crippen LogP contribution >= 0.6 is 11.6 Å². The maximum atomic E-state index is 12.5. The Kier molecular flexibility index (Phi) is 5.82. The number of aromatic hydroxyl groups is 1. The molecule has 0 saturated heterocycles. The van der Waals surface area contributed by atoms with Gasteiger partial charge in [0.25, 0.3) is 5.91 Å². The molecule has 0 radical (unpaired) electrons. The number of phenolic OH excluding ortho intramolecular Hbond substituents is 1. The summed E-state index contributed by atoms with van der Waals surface area (Å²) >= 11 is 5.86. The first-order valence-electron chi connectivity index (χ1n) is 7.53. The van der Waals surface area contributed by atoms with E-state index in [9.17, 15) is 14.7 Å². The quantitative estimate of drug-likeness (QED) is 0.776. The number of para-hydroxylation sites is 1. The lowest BCUT2D eigenvalue weighted by molar-refractivity contribution is -0.118. The van der Waals surface area contributed by atoms with Crippen LogP contribution in [0.15, 0.2) is 48.5 Å². The monoisotopic (exact) mass is 346 g/mol. The van der Waals surface area contributed by atoms with Crippen LogP contribution < -0.4 is 10.6 Å². The highest BCUT2D eigenvalue weighted by molar-refractivity contribution is 6.31. The Morgan fingerprint density at radius 3 is 2.38 bits per heavy atom. The summed E-state index contributed by atoms with van der Waals surface area (Å²) in [5.74, 6) is -1.22. The van der Waals surface area contributed by atoms with Gasteiger partial charge in [-0.05, 0) is 36.2 Å². The van der Waals surface area contributed by atoms with Gasteiger partial charge in [0.1, 0.15) is 11.8 Å². The highest BCUT2D eigenvalue weighted by Gasteiger charge is 2.25. The number of amides is 2. The maximum Gasteiger partial charge on any atom is 0.255 e. The van der Waals surface area contributed by atoms with Crippen molar-refractivity contribution >= 4 is 29.1 Å². The third-order valence-corrected chi connectivity index (χ3v) is 3.72. The Morgan fingerprint density at radius 2 is 1.75 bits per heavy atom. The molecule has 0 saturated carbocycles. The van der Waals surface area contributed by atoms with E-state index in [-0.39, 0.29) is 23.1 Å². The molecule has 126 valence electrons. The molecule has 3 N–H and O–H groups in total. The van der Waals surface area contributed by atoms with E-state index in [1.807, 2.05) is 32.0 Å². The Bertz CT molecular complexity index is 732. The second-order valence-corrected chi connectivity index (χ2v) is 6.15. The van der Waals surface area contributed by atoms with Crippen LogP contribution in [-0.4, -0.2) is 23.0 Å². The van der Waals surface area contributed by atoms with Gasteiger partial charge in [0.2, 0.25) is 5.91 Å². The molecule has 0 fully saturated rings. The molecular weight excluding hydrogens is 328 g/mol. The fourth-order valence-corrected chi connectivity index (χ4v) is 2.36. The average molecular weight is 347 g/mol. The molecule has 1 atom stereocenters. The van der Waals surface area contributed by atoms with E-state index < -0.39 is 11.9 Å². The number of halogens is 1. The number of hydrogen-bond acceptors (Lipinski definition) is 3. The number of nitrogens with one attached hydrogen (secondary N) is 2. The summed E-state index contributed by atoms with van der Waals surface area (Å²) in [6.45, 7) is 3.65. The molecule has 0 aliphatic rings. The highest BCUT2D eigenvalue weighted by atomic mass is 35.5. The molecule has 2 rings (SSSR count). The molecular formula is C18H19ClN2O3. The zero-order valence-electron chi connectivity index (χ0n) is 13.4. The van der Waals surface area contributed by atoms with Crippen molar-refractivity contribution in [3.63, 3.8) is 0 Å². The van der Waals surface area contributed by atoms with E-state index in [1.54, 1.807) is 12.1 Å². The van der Waals surface area contributed by atoms with E-state index in [0.29, 0.717) is 10.7 Å². The number of rotatable bonds is 5. The molecule has 0 heterocycles. The number of benzene rings is 2. The zero-order chi connectivity index (χ0) is 17.7. The van der Waals surface area contributed by atoms with Crippen molar-refractivity contribution in [2.24, 2.45) is 5.92 Å². The topological polar surface area (TPSA) is 78.4 Å². The van der Waals surface area contributed by atoms with Crippen LogP contribution in [0.5, 0.6) is 5.75 Å². The maximum absolute atomic E-state index is 12.5. The summed E-state index contributed by atoms with van der Waals surface area (Å²) in [5, 5.41) is 15.6. The molecule has 0 aliphatic heterocycles. The first-order valence-corrected chi connectivity index (χ1v) is 7.91. The van der Waals surface area contributed by atoms with Crippen molar-refractivity contribution in [1.29, 1.82) is 0 Å². The normalized spacial score (nSPS) is 11.8. The minimum atomic E-state index is -0.754. The summed E-state index contributed by atoms with van der Waals surface area (Å²) in [4.78, 5) is 24.8. The highest BCUT2D eigenvalue weighted by Crippen LogP contribution is 2.22. The SMILES string of the molecule is CC(C)[C@H](NC(=O)c1cc(Cl)ccc1O)C(=O)Nc1ccccc1. The Balaban J connectivity index is 2.14. The van der Waals surface area contributed by atoms with Gasteiger partial charge in [-0.1, -0.05) is 43.6 Å². The number of carbonyl (C=O) groups excluding carboxylic acids is 2. The molecule has 2 aromatic rings. The van der Waals surface area contributed by atoms with Crippen molar-refractivity contribution in [3.05, 3.63) is 59.1 Å². The fourth-order valence-electron chi connectivity index (χ4n) is 2.19. The average Bonchev–Trinajstić information content (AvgIpc) is 2.55. The second-order valence-electron chi connectivity index (χ2n) is 5.71. The number of carbonyl (C=O) groups is 2. The smallest absolute Gasteiger partial charge is 0.255 e. The molecule has 0 aliphatic carbocycles. The Morgan fingerprint density at radius 1 is 1.08 bits per heavy atom. The predicted octanol–water partition coefficient (Wildman–Crippen LogP) is 3.44. The molecule has 5 nitrogen and oxygen atoms in total. The minimum Gasteiger partial charge on any atom is -0.507 e. The molecule has 0 spiro atoms. The number of phenols is 1. The van der Waals surface area contributed by atoms with Crippen LogP contribution in [0.2, 0.25) is 5.02 Å². The lowest BCUT2D eigenvalue weighted by Crippen LogP contribution is -2.47. The Hall–Kier alpha value is -2.53. The van der Waals surface area contributed by atoms with Gasteiger partial charge < -0.3 is 15.7 Å². The third kappa shape index (κ3) is 4.49. The van der Waals surface area contributed by atoms with Crippen LogP contribution in [0.1, 0.15) is 24.2 Å². The van der Waals surface area contributed by atoms with Crippen LogP contribution in [0, 0.1) is 5.92 Å². The first-order chi connectivity index (χ1) is 11.4. The van der Waals surface area contributed by atoms with Crippen molar-refractivity contribution in [2.45, 2.75) is 19.9 Å². The van der Waals surface area contributed by atoms with Crippen molar-refractivity contribution in [1.82, 2.24) is 5.32 Å². The van der Waals surface area contributed by atoms with Crippen molar-refractivity contribution in [3.8, 4) is 5.75 Å². The van der Waals surface area contributed by atoms with E-state index in [0.717, 1.165) is 0 Å². The molecule has 24 heavy (non-hydrogen) atoms. The van der Waals surface area contributed by atoms with E-state index in [1.165, 1.54) is 18.2 Å². The molecule has 2 aromatic carbocycles. The molecule has 2 amide bonds. The molecule has 0 aromatic heterocycles. The summed E-state index contributed by atoms with van der Waals surface area (Å²) in [7, 11) is 0. The van der Waals surface area contributed by atoms with Crippen LogP contribution in [-0.2, 0) is 4.79 Å². The van der Waals surface area contributed by atoms with Crippen molar-refractivity contribution < 1.29 is 14.7 Å². The van der Waals surface area contributed by atoms with Crippen LogP contribution in [0.4, 0.5) is 5.69 Å². The van der Waals surface area contributed by atoms with Crippen LogP contribution in [0.25, 0.3) is 0 Å². The second kappa shape index (κ2) is 7.84. The van der Waals surface area contributed by atoms with Gasteiger partial charge in [-0.2, -0.15) is 0 Å². The summed E-state index contributed by atoms with van der Waals surface area (Å²) in [5.41, 5.74) is 0.675. The number of hydrogen-bond donors (Lipinski definition) is 3.